The van der Waals surface area contributed by atoms with Gasteiger partial charge in [-0.1, -0.05) is 37.5 Å². The largest absolute Gasteiger partial charge is 0.213 e. The fourth-order valence-corrected chi connectivity index (χ4v) is 4.00. The lowest BCUT2D eigenvalue weighted by Gasteiger charge is -2.24. The summed E-state index contributed by atoms with van der Waals surface area (Å²) in [6.45, 7) is 0. The van der Waals surface area contributed by atoms with Crippen molar-refractivity contribution in [2.75, 3.05) is 0 Å². The lowest BCUT2D eigenvalue weighted by atomic mass is 9.81. The van der Waals surface area contributed by atoms with E-state index in [1.54, 1.807) is 5.56 Å². The van der Waals surface area contributed by atoms with E-state index in [1.165, 1.54) is 43.4 Å². The normalized spacial score (nSPS) is 22.0. The molecule has 0 N–H and O–H groups in total. The van der Waals surface area contributed by atoms with E-state index in [2.05, 4.69) is 53.2 Å². The molecule has 1 fully saturated rings. The molecule has 0 spiro atoms. The predicted molar refractivity (Wildman–Crippen MR) is 76.8 cm³/mol. The quantitative estimate of drug-likeness (QED) is 0.670. The van der Waals surface area contributed by atoms with Crippen LogP contribution in [-0.4, -0.2) is 0 Å². The van der Waals surface area contributed by atoms with Gasteiger partial charge in [-0.2, -0.15) is 4.57 Å². The molecular formula is C18H20N+. The second-order valence-corrected chi connectivity index (χ2v) is 5.92. The SMILES string of the molecule is c1ccc2c(c1)-c1cccc[n+]1C2C1CCCCC1. The first kappa shape index (κ1) is 11.2. The van der Waals surface area contributed by atoms with Crippen molar-refractivity contribution >= 4 is 0 Å². The number of fused-ring (bicyclic) bond motifs is 3. The Morgan fingerprint density at radius 2 is 1.63 bits per heavy atom. The highest BCUT2D eigenvalue weighted by Gasteiger charge is 2.41. The van der Waals surface area contributed by atoms with Gasteiger partial charge in [-0.25, -0.2) is 0 Å². The molecule has 1 aliphatic heterocycles. The molecule has 96 valence electrons. The van der Waals surface area contributed by atoms with Crippen LogP contribution in [0, 0.1) is 5.92 Å². The Morgan fingerprint density at radius 3 is 2.53 bits per heavy atom. The third kappa shape index (κ3) is 1.72. The maximum Gasteiger partial charge on any atom is 0.213 e. The second kappa shape index (κ2) is 4.48. The number of rotatable bonds is 1. The Balaban J connectivity index is 1.86. The fourth-order valence-electron chi connectivity index (χ4n) is 4.00. The smallest absolute Gasteiger partial charge is 0.191 e. The van der Waals surface area contributed by atoms with Gasteiger partial charge in [-0.05, 0) is 25.0 Å². The Hall–Kier alpha value is -1.63. The third-order valence-corrected chi connectivity index (χ3v) is 4.84. The highest BCUT2D eigenvalue weighted by Crippen LogP contribution is 2.41. The molecular weight excluding hydrogens is 230 g/mol. The molecule has 0 amide bonds. The van der Waals surface area contributed by atoms with Crippen LogP contribution in [-0.2, 0) is 0 Å². The minimum Gasteiger partial charge on any atom is -0.191 e. The van der Waals surface area contributed by atoms with Crippen molar-refractivity contribution in [3.05, 3.63) is 54.2 Å². The van der Waals surface area contributed by atoms with Crippen molar-refractivity contribution in [3.8, 4) is 11.3 Å². The van der Waals surface area contributed by atoms with E-state index in [4.69, 9.17) is 0 Å². The number of pyridine rings is 1. The van der Waals surface area contributed by atoms with E-state index in [1.807, 2.05) is 0 Å². The minimum absolute atomic E-state index is 0.577. The van der Waals surface area contributed by atoms with Gasteiger partial charge >= 0.3 is 0 Å². The molecule has 2 aromatic rings. The Labute approximate surface area is 114 Å². The van der Waals surface area contributed by atoms with Crippen LogP contribution in [0.2, 0.25) is 0 Å². The molecule has 1 nitrogen and oxygen atoms in total. The van der Waals surface area contributed by atoms with Crippen LogP contribution in [0.4, 0.5) is 0 Å². The molecule has 1 unspecified atom stereocenters. The van der Waals surface area contributed by atoms with E-state index in [0.717, 1.165) is 5.92 Å². The zero-order chi connectivity index (χ0) is 12.7. The summed E-state index contributed by atoms with van der Waals surface area (Å²) in [7, 11) is 0. The Morgan fingerprint density at radius 1 is 0.842 bits per heavy atom. The molecule has 1 aromatic heterocycles. The van der Waals surface area contributed by atoms with E-state index in [-0.39, 0.29) is 0 Å². The van der Waals surface area contributed by atoms with Gasteiger partial charge in [0.2, 0.25) is 5.69 Å². The number of nitrogens with zero attached hydrogens (tertiary/aromatic N) is 1. The van der Waals surface area contributed by atoms with Crippen molar-refractivity contribution in [2.45, 2.75) is 38.1 Å². The standard InChI is InChI=1S/C18H20N/c1-2-8-14(9-3-1)18-16-11-5-4-10-15(16)17-12-6-7-13-19(17)18/h4-7,10-14,18H,1-3,8-9H2/q+1. The van der Waals surface area contributed by atoms with Crippen molar-refractivity contribution in [1.29, 1.82) is 0 Å². The average Bonchev–Trinajstić information content (AvgIpc) is 2.83. The van der Waals surface area contributed by atoms with Gasteiger partial charge in [0.25, 0.3) is 0 Å². The summed E-state index contributed by atoms with van der Waals surface area (Å²) in [5.41, 5.74) is 4.38. The molecule has 1 saturated carbocycles. The summed E-state index contributed by atoms with van der Waals surface area (Å²) in [6, 6.07) is 16.2. The van der Waals surface area contributed by atoms with Crippen LogP contribution >= 0.6 is 0 Å². The summed E-state index contributed by atoms with van der Waals surface area (Å²) in [6.07, 6.45) is 9.30. The van der Waals surface area contributed by atoms with Crippen LogP contribution in [0.25, 0.3) is 11.3 Å². The lowest BCUT2D eigenvalue weighted by molar-refractivity contribution is -0.705. The van der Waals surface area contributed by atoms with E-state index < -0.39 is 0 Å². The first-order valence-electron chi connectivity index (χ1n) is 7.54. The second-order valence-electron chi connectivity index (χ2n) is 5.92. The molecule has 2 aliphatic rings. The van der Waals surface area contributed by atoms with Crippen molar-refractivity contribution < 1.29 is 4.57 Å². The highest BCUT2D eigenvalue weighted by atomic mass is 15.0. The van der Waals surface area contributed by atoms with Gasteiger partial charge in [-0.3, -0.25) is 0 Å². The zero-order valence-corrected chi connectivity index (χ0v) is 11.3. The highest BCUT2D eigenvalue weighted by molar-refractivity contribution is 5.64. The molecule has 4 rings (SSSR count). The van der Waals surface area contributed by atoms with Crippen LogP contribution in [0.15, 0.2) is 48.7 Å². The molecule has 0 saturated heterocycles. The topological polar surface area (TPSA) is 3.88 Å². The van der Waals surface area contributed by atoms with Crippen molar-refractivity contribution in [3.63, 3.8) is 0 Å². The number of hydrogen-bond donors (Lipinski definition) is 0. The first-order chi connectivity index (χ1) is 9.45. The molecule has 19 heavy (non-hydrogen) atoms. The van der Waals surface area contributed by atoms with Gasteiger partial charge in [0.1, 0.15) is 0 Å². The van der Waals surface area contributed by atoms with Crippen LogP contribution in [0.1, 0.15) is 43.7 Å². The summed E-state index contributed by atoms with van der Waals surface area (Å²) >= 11 is 0. The van der Waals surface area contributed by atoms with Crippen molar-refractivity contribution in [1.82, 2.24) is 0 Å². The molecule has 1 aliphatic carbocycles. The van der Waals surface area contributed by atoms with Gasteiger partial charge in [0.05, 0.1) is 5.56 Å². The maximum atomic E-state index is 2.51. The summed E-state index contributed by atoms with van der Waals surface area (Å²) in [5, 5.41) is 0. The molecule has 2 heterocycles. The average molecular weight is 250 g/mol. The number of benzene rings is 1. The Kier molecular flexibility index (Phi) is 2.65. The van der Waals surface area contributed by atoms with Gasteiger partial charge in [0.15, 0.2) is 12.2 Å². The zero-order valence-electron chi connectivity index (χ0n) is 11.3. The molecule has 0 radical (unpaired) electrons. The van der Waals surface area contributed by atoms with Crippen LogP contribution < -0.4 is 4.57 Å². The molecule has 1 atom stereocenters. The Bertz CT molecular complexity index is 551. The summed E-state index contributed by atoms with van der Waals surface area (Å²) in [4.78, 5) is 0. The molecule has 0 bridgehead atoms. The van der Waals surface area contributed by atoms with E-state index in [0.29, 0.717) is 6.04 Å². The molecule has 1 heteroatoms. The first-order valence-corrected chi connectivity index (χ1v) is 7.54. The van der Waals surface area contributed by atoms with E-state index in [9.17, 15) is 0 Å². The molecule has 1 aromatic carbocycles. The monoisotopic (exact) mass is 250 g/mol. The maximum absolute atomic E-state index is 2.51. The summed E-state index contributed by atoms with van der Waals surface area (Å²) in [5.74, 6) is 0.823. The lowest BCUT2D eigenvalue weighted by Crippen LogP contribution is -2.42. The van der Waals surface area contributed by atoms with Gasteiger partial charge in [0, 0.05) is 23.6 Å². The number of hydrogen-bond acceptors (Lipinski definition) is 0. The fraction of sp³-hybridized carbons (Fsp3) is 0.389. The van der Waals surface area contributed by atoms with Gasteiger partial charge in [-0.15, -0.1) is 0 Å². The minimum atomic E-state index is 0.577. The third-order valence-electron chi connectivity index (χ3n) is 4.84. The van der Waals surface area contributed by atoms with Crippen LogP contribution in [0.3, 0.4) is 0 Å². The number of aromatic nitrogens is 1. The van der Waals surface area contributed by atoms with Crippen molar-refractivity contribution in [2.24, 2.45) is 5.92 Å². The summed E-state index contributed by atoms with van der Waals surface area (Å²) < 4.78 is 2.51. The van der Waals surface area contributed by atoms with E-state index >= 15 is 0 Å². The van der Waals surface area contributed by atoms with Gasteiger partial charge < -0.3 is 0 Å². The predicted octanol–water partition coefficient (Wildman–Crippen LogP) is 4.12. The van der Waals surface area contributed by atoms with Crippen LogP contribution in [0.5, 0.6) is 0 Å².